The van der Waals surface area contributed by atoms with E-state index in [2.05, 4.69) is 21.2 Å². The van der Waals surface area contributed by atoms with E-state index in [9.17, 15) is 4.79 Å². The molecule has 0 aromatic carbocycles. The van der Waals surface area contributed by atoms with Crippen LogP contribution in [0.5, 0.6) is 5.75 Å². The third kappa shape index (κ3) is 1.40. The smallest absolute Gasteiger partial charge is 0.348 e. The van der Waals surface area contributed by atoms with Gasteiger partial charge in [0.15, 0.2) is 5.75 Å². The van der Waals surface area contributed by atoms with Crippen molar-refractivity contribution in [1.82, 2.24) is 0 Å². The molecule has 6 heteroatoms. The Kier molecular flexibility index (Phi) is 2.17. The first kappa shape index (κ1) is 8.83. The number of aromatic carboxylic acids is 1. The molecule has 2 heterocycles. The van der Waals surface area contributed by atoms with Crippen LogP contribution in [-0.4, -0.2) is 24.2 Å². The molecule has 0 amide bonds. The van der Waals surface area contributed by atoms with Gasteiger partial charge in [0.05, 0.1) is 0 Å². The summed E-state index contributed by atoms with van der Waals surface area (Å²) in [6.07, 6.45) is 0. The summed E-state index contributed by atoms with van der Waals surface area (Å²) >= 11 is 4.43. The maximum atomic E-state index is 10.8. The molecule has 0 atom stereocenters. The van der Waals surface area contributed by atoms with E-state index in [4.69, 9.17) is 9.84 Å². The van der Waals surface area contributed by atoms with Gasteiger partial charge in [-0.1, -0.05) is 0 Å². The number of ether oxygens (including phenoxy) is 1. The fourth-order valence-electron chi connectivity index (χ4n) is 1.16. The third-order valence-electron chi connectivity index (χ3n) is 1.67. The lowest BCUT2D eigenvalue weighted by Gasteiger charge is -2.16. The highest BCUT2D eigenvalue weighted by molar-refractivity contribution is 9.11. The number of thiophene rings is 1. The number of carbonyl (C=O) groups is 1. The Balaban J connectivity index is 2.53. The van der Waals surface area contributed by atoms with Crippen LogP contribution in [0.2, 0.25) is 0 Å². The maximum absolute atomic E-state index is 10.8. The van der Waals surface area contributed by atoms with Gasteiger partial charge in [-0.2, -0.15) is 0 Å². The third-order valence-corrected chi connectivity index (χ3v) is 3.46. The molecule has 0 fully saturated rings. The van der Waals surface area contributed by atoms with Crippen LogP contribution in [0.25, 0.3) is 0 Å². The zero-order valence-corrected chi connectivity index (χ0v) is 8.87. The maximum Gasteiger partial charge on any atom is 0.348 e. The van der Waals surface area contributed by atoms with Gasteiger partial charge in [-0.3, -0.25) is 0 Å². The lowest BCUT2D eigenvalue weighted by Crippen LogP contribution is -2.18. The van der Waals surface area contributed by atoms with Crippen molar-refractivity contribution < 1.29 is 14.6 Å². The van der Waals surface area contributed by atoms with Crippen molar-refractivity contribution >= 4 is 38.9 Å². The molecule has 1 aliphatic rings. The summed E-state index contributed by atoms with van der Waals surface area (Å²) < 4.78 is 6.05. The van der Waals surface area contributed by atoms with E-state index in [1.165, 1.54) is 11.3 Å². The van der Waals surface area contributed by atoms with Crippen molar-refractivity contribution in [2.75, 3.05) is 18.5 Å². The highest BCUT2D eigenvalue weighted by Crippen LogP contribution is 2.44. The van der Waals surface area contributed by atoms with Crippen LogP contribution in [0.15, 0.2) is 3.79 Å². The molecule has 0 bridgehead atoms. The molecule has 13 heavy (non-hydrogen) atoms. The predicted molar refractivity (Wildman–Crippen MR) is 53.0 cm³/mol. The number of rotatable bonds is 1. The number of fused-ring (bicyclic) bond motifs is 1. The molecule has 0 unspecified atom stereocenters. The second kappa shape index (κ2) is 3.19. The Bertz CT molecular complexity index is 363. The average molecular weight is 264 g/mol. The molecule has 1 aromatic heterocycles. The number of hydrogen-bond donors (Lipinski definition) is 2. The topological polar surface area (TPSA) is 58.6 Å². The van der Waals surface area contributed by atoms with Gasteiger partial charge in [0.1, 0.15) is 21.0 Å². The van der Waals surface area contributed by atoms with Crippen LogP contribution in [0.4, 0.5) is 5.69 Å². The summed E-state index contributed by atoms with van der Waals surface area (Å²) in [5, 5.41) is 11.9. The monoisotopic (exact) mass is 263 g/mol. The van der Waals surface area contributed by atoms with Crippen molar-refractivity contribution in [2.45, 2.75) is 0 Å². The fourth-order valence-corrected chi connectivity index (χ4v) is 2.74. The number of hydrogen-bond acceptors (Lipinski definition) is 4. The Morgan fingerprint density at radius 1 is 1.69 bits per heavy atom. The van der Waals surface area contributed by atoms with Crippen molar-refractivity contribution in [3.63, 3.8) is 0 Å². The van der Waals surface area contributed by atoms with E-state index in [-0.39, 0.29) is 0 Å². The second-order valence-corrected chi connectivity index (χ2v) is 4.83. The molecule has 4 nitrogen and oxygen atoms in total. The average Bonchev–Trinajstić information content (AvgIpc) is 2.45. The summed E-state index contributed by atoms with van der Waals surface area (Å²) in [6, 6.07) is 0. The predicted octanol–water partition coefficient (Wildman–Crippen LogP) is 2.01. The van der Waals surface area contributed by atoms with Gasteiger partial charge in [0.2, 0.25) is 0 Å². The largest absolute Gasteiger partial charge is 0.487 e. The Hall–Kier alpha value is -0.750. The first-order valence-electron chi connectivity index (χ1n) is 3.62. The van der Waals surface area contributed by atoms with E-state index in [1.807, 2.05) is 0 Å². The van der Waals surface area contributed by atoms with E-state index in [0.717, 1.165) is 3.79 Å². The molecule has 70 valence electrons. The fraction of sp³-hybridized carbons (Fsp3) is 0.286. The zero-order valence-electron chi connectivity index (χ0n) is 6.46. The van der Waals surface area contributed by atoms with Gasteiger partial charge < -0.3 is 15.2 Å². The lowest BCUT2D eigenvalue weighted by molar-refractivity contribution is 0.0702. The molecule has 1 aromatic rings. The normalized spacial score (nSPS) is 14.2. The molecule has 0 aliphatic carbocycles. The van der Waals surface area contributed by atoms with Gasteiger partial charge in [-0.05, 0) is 15.9 Å². The first-order valence-corrected chi connectivity index (χ1v) is 5.23. The lowest BCUT2D eigenvalue weighted by atomic mass is 10.3. The standard InChI is InChI=1S/C7H6BrNO3S/c8-6-4-3(9-1-2-12-4)5(13-6)7(10)11/h9H,1-2H2,(H,10,11). The van der Waals surface area contributed by atoms with E-state index >= 15 is 0 Å². The van der Waals surface area contributed by atoms with Crippen LogP contribution in [-0.2, 0) is 0 Å². The molecule has 0 radical (unpaired) electrons. The van der Waals surface area contributed by atoms with Gasteiger partial charge in [-0.15, -0.1) is 11.3 Å². The van der Waals surface area contributed by atoms with Crippen LogP contribution in [0.1, 0.15) is 9.67 Å². The highest BCUT2D eigenvalue weighted by atomic mass is 79.9. The SMILES string of the molecule is O=C(O)c1sc(Br)c2c1NCCO2. The van der Waals surface area contributed by atoms with Crippen molar-refractivity contribution in [3.8, 4) is 5.75 Å². The first-order chi connectivity index (χ1) is 6.20. The molecule has 1 aliphatic heterocycles. The molecule has 2 N–H and O–H groups in total. The molecular weight excluding hydrogens is 258 g/mol. The molecule has 0 saturated carbocycles. The number of nitrogens with one attached hydrogen (secondary N) is 1. The number of carboxylic acid groups (broad SMARTS) is 1. The summed E-state index contributed by atoms with van der Waals surface area (Å²) in [4.78, 5) is 11.1. The molecular formula is C7H6BrNO3S. The number of halogens is 1. The van der Waals surface area contributed by atoms with Crippen molar-refractivity contribution in [3.05, 3.63) is 8.66 Å². The van der Waals surface area contributed by atoms with Gasteiger partial charge in [0.25, 0.3) is 0 Å². The quantitative estimate of drug-likeness (QED) is 0.814. The molecule has 2 rings (SSSR count). The summed E-state index contributed by atoms with van der Waals surface area (Å²) in [7, 11) is 0. The van der Waals surface area contributed by atoms with E-state index < -0.39 is 5.97 Å². The van der Waals surface area contributed by atoms with Gasteiger partial charge in [-0.25, -0.2) is 4.79 Å². The van der Waals surface area contributed by atoms with Crippen LogP contribution in [0, 0.1) is 0 Å². The number of carboxylic acids is 1. The Labute approximate surface area is 86.6 Å². The molecule has 0 spiro atoms. The highest BCUT2D eigenvalue weighted by Gasteiger charge is 2.24. The summed E-state index contributed by atoms with van der Waals surface area (Å²) in [5.41, 5.74) is 0.593. The van der Waals surface area contributed by atoms with E-state index in [1.54, 1.807) is 0 Å². The second-order valence-electron chi connectivity index (χ2n) is 2.49. The summed E-state index contributed by atoms with van der Waals surface area (Å²) in [5.74, 6) is -0.307. The molecule has 0 saturated heterocycles. The van der Waals surface area contributed by atoms with Crippen molar-refractivity contribution in [2.24, 2.45) is 0 Å². The van der Waals surface area contributed by atoms with E-state index in [0.29, 0.717) is 29.5 Å². The van der Waals surface area contributed by atoms with Crippen molar-refractivity contribution in [1.29, 1.82) is 0 Å². The number of anilines is 1. The Morgan fingerprint density at radius 2 is 2.46 bits per heavy atom. The van der Waals surface area contributed by atoms with Gasteiger partial charge >= 0.3 is 5.97 Å². The minimum absolute atomic E-state index is 0.293. The zero-order chi connectivity index (χ0) is 9.42. The minimum atomic E-state index is -0.926. The van der Waals surface area contributed by atoms with Crippen LogP contribution < -0.4 is 10.1 Å². The summed E-state index contributed by atoms with van der Waals surface area (Å²) in [6.45, 7) is 1.22. The van der Waals surface area contributed by atoms with Crippen LogP contribution >= 0.6 is 27.3 Å². The minimum Gasteiger partial charge on any atom is -0.487 e. The van der Waals surface area contributed by atoms with Gasteiger partial charge in [0, 0.05) is 6.54 Å². The van der Waals surface area contributed by atoms with Crippen LogP contribution in [0.3, 0.4) is 0 Å². The Morgan fingerprint density at radius 3 is 3.15 bits per heavy atom.